The summed E-state index contributed by atoms with van der Waals surface area (Å²) in [5, 5.41) is 3.53. The number of hydrogen-bond acceptors (Lipinski definition) is 3. The first-order valence-corrected chi connectivity index (χ1v) is 7.37. The smallest absolute Gasteiger partial charge is 0.220 e. The van der Waals surface area contributed by atoms with Gasteiger partial charge in [-0.15, -0.1) is 6.42 Å². The summed E-state index contributed by atoms with van der Waals surface area (Å²) in [5.41, 5.74) is 6.45. The maximum absolute atomic E-state index is 11.2. The van der Waals surface area contributed by atoms with Crippen LogP contribution in [0.1, 0.15) is 31.2 Å². The van der Waals surface area contributed by atoms with Gasteiger partial charge in [0.25, 0.3) is 0 Å². The van der Waals surface area contributed by atoms with E-state index in [0.717, 1.165) is 43.5 Å². The molecule has 1 aromatic carbocycles. The molecule has 3 N–H and O–H groups in total. The van der Waals surface area contributed by atoms with E-state index in [1.54, 1.807) is 0 Å². The first-order valence-electron chi connectivity index (χ1n) is 7.37. The first-order chi connectivity index (χ1) is 10.2. The Balaban J connectivity index is 1.84. The number of primary amides is 1. The van der Waals surface area contributed by atoms with E-state index in [2.05, 4.69) is 11.2 Å². The van der Waals surface area contributed by atoms with Crippen LogP contribution >= 0.6 is 0 Å². The third-order valence-corrected chi connectivity index (χ3v) is 3.99. The van der Waals surface area contributed by atoms with Gasteiger partial charge in [-0.3, -0.25) is 4.79 Å². The molecule has 1 saturated carbocycles. The first kappa shape index (κ1) is 15.4. The molecule has 1 aliphatic carbocycles. The van der Waals surface area contributed by atoms with Gasteiger partial charge in [0.05, 0.1) is 0 Å². The molecule has 0 spiro atoms. The number of para-hydroxylation sites is 1. The third-order valence-electron chi connectivity index (χ3n) is 3.99. The second kappa shape index (κ2) is 7.70. The van der Waals surface area contributed by atoms with Crippen molar-refractivity contribution in [2.45, 2.75) is 38.3 Å². The summed E-state index contributed by atoms with van der Waals surface area (Å²) >= 11 is 0. The molecule has 0 saturated heterocycles. The molecule has 0 aromatic heterocycles. The maximum Gasteiger partial charge on any atom is 0.220 e. The molecule has 4 nitrogen and oxygen atoms in total. The minimum Gasteiger partial charge on any atom is -0.481 e. The second-order valence-electron chi connectivity index (χ2n) is 5.43. The fourth-order valence-corrected chi connectivity index (χ4v) is 2.75. The molecule has 0 aliphatic heterocycles. The molecule has 21 heavy (non-hydrogen) atoms. The van der Waals surface area contributed by atoms with Gasteiger partial charge in [-0.2, -0.15) is 0 Å². The van der Waals surface area contributed by atoms with Gasteiger partial charge in [-0.05, 0) is 31.7 Å². The topological polar surface area (TPSA) is 64.3 Å². The van der Waals surface area contributed by atoms with Crippen LogP contribution < -0.4 is 15.8 Å². The highest BCUT2D eigenvalue weighted by atomic mass is 16.5. The number of benzene rings is 1. The van der Waals surface area contributed by atoms with Crippen molar-refractivity contribution in [1.29, 1.82) is 0 Å². The van der Waals surface area contributed by atoms with Crippen LogP contribution in [0.15, 0.2) is 24.3 Å². The zero-order valence-electron chi connectivity index (χ0n) is 12.2. The lowest BCUT2D eigenvalue weighted by molar-refractivity contribution is -0.122. The van der Waals surface area contributed by atoms with Crippen LogP contribution in [0, 0.1) is 18.3 Å². The summed E-state index contributed by atoms with van der Waals surface area (Å²) < 4.78 is 5.54. The monoisotopic (exact) mass is 286 g/mol. The van der Waals surface area contributed by atoms with Crippen molar-refractivity contribution in [3.63, 3.8) is 0 Å². The standard InChI is InChI=1S/C17H22N2O2/c1-2-11-21-16-6-4-3-5-14(16)12-19-15-9-7-13(8-10-15)17(18)20/h1,3-6,13,15,19H,7-12H2,(H2,18,20). The Bertz CT molecular complexity index is 514. The van der Waals surface area contributed by atoms with Crippen LogP contribution in [0.2, 0.25) is 0 Å². The van der Waals surface area contributed by atoms with Gasteiger partial charge in [0.15, 0.2) is 0 Å². The molecule has 112 valence electrons. The summed E-state index contributed by atoms with van der Waals surface area (Å²) in [5.74, 6) is 3.19. The van der Waals surface area contributed by atoms with Crippen LogP contribution in [0.4, 0.5) is 0 Å². The fourth-order valence-electron chi connectivity index (χ4n) is 2.75. The number of amides is 1. The number of carbonyl (C=O) groups is 1. The highest BCUT2D eigenvalue weighted by Crippen LogP contribution is 2.25. The van der Waals surface area contributed by atoms with Crippen molar-refractivity contribution in [2.24, 2.45) is 11.7 Å². The van der Waals surface area contributed by atoms with Crippen molar-refractivity contribution in [1.82, 2.24) is 5.32 Å². The van der Waals surface area contributed by atoms with Crippen molar-refractivity contribution < 1.29 is 9.53 Å². The van der Waals surface area contributed by atoms with E-state index in [0.29, 0.717) is 6.04 Å². The van der Waals surface area contributed by atoms with Gasteiger partial charge in [0, 0.05) is 24.1 Å². The average Bonchev–Trinajstić information content (AvgIpc) is 2.52. The van der Waals surface area contributed by atoms with E-state index in [9.17, 15) is 4.79 Å². The van der Waals surface area contributed by atoms with Crippen LogP contribution in [-0.2, 0) is 11.3 Å². The highest BCUT2D eigenvalue weighted by Gasteiger charge is 2.24. The summed E-state index contributed by atoms with van der Waals surface area (Å²) in [6.07, 6.45) is 8.95. The van der Waals surface area contributed by atoms with Crippen LogP contribution in [0.3, 0.4) is 0 Å². The van der Waals surface area contributed by atoms with Gasteiger partial charge in [0.1, 0.15) is 12.4 Å². The number of rotatable bonds is 6. The number of nitrogens with two attached hydrogens (primary N) is 1. The molecule has 0 atom stereocenters. The minimum absolute atomic E-state index is 0.0503. The zero-order chi connectivity index (χ0) is 15.1. The van der Waals surface area contributed by atoms with Crippen LogP contribution in [0.5, 0.6) is 5.75 Å². The lowest BCUT2D eigenvalue weighted by Crippen LogP contribution is -2.36. The molecular formula is C17H22N2O2. The molecule has 0 heterocycles. The van der Waals surface area contributed by atoms with Crippen LogP contribution in [0.25, 0.3) is 0 Å². The number of ether oxygens (including phenoxy) is 1. The fraction of sp³-hybridized carbons (Fsp3) is 0.471. The Morgan fingerprint density at radius 1 is 1.33 bits per heavy atom. The van der Waals surface area contributed by atoms with E-state index >= 15 is 0 Å². The van der Waals surface area contributed by atoms with Crippen molar-refractivity contribution in [2.75, 3.05) is 6.61 Å². The van der Waals surface area contributed by atoms with Crippen molar-refractivity contribution >= 4 is 5.91 Å². The Kier molecular flexibility index (Phi) is 5.65. The highest BCUT2D eigenvalue weighted by molar-refractivity contribution is 5.76. The lowest BCUT2D eigenvalue weighted by atomic mass is 9.85. The Hall–Kier alpha value is -1.99. The largest absolute Gasteiger partial charge is 0.481 e. The third kappa shape index (κ3) is 4.51. The average molecular weight is 286 g/mol. The summed E-state index contributed by atoms with van der Waals surface area (Å²) in [6, 6.07) is 8.32. The van der Waals surface area contributed by atoms with Crippen molar-refractivity contribution in [3.8, 4) is 18.1 Å². The number of carbonyl (C=O) groups excluding carboxylic acids is 1. The van der Waals surface area contributed by atoms with E-state index in [1.807, 2.05) is 24.3 Å². The van der Waals surface area contributed by atoms with Gasteiger partial charge < -0.3 is 15.8 Å². The van der Waals surface area contributed by atoms with Gasteiger partial charge in [0.2, 0.25) is 5.91 Å². The molecule has 1 amide bonds. The molecule has 0 radical (unpaired) electrons. The predicted octanol–water partition coefficient (Wildman–Crippen LogP) is 1.83. The Morgan fingerprint density at radius 3 is 2.71 bits per heavy atom. The molecule has 4 heteroatoms. The van der Waals surface area contributed by atoms with E-state index < -0.39 is 0 Å². The lowest BCUT2D eigenvalue weighted by Gasteiger charge is -2.27. The minimum atomic E-state index is -0.165. The second-order valence-corrected chi connectivity index (χ2v) is 5.43. The number of terminal acetylenes is 1. The zero-order valence-corrected chi connectivity index (χ0v) is 12.2. The molecule has 0 unspecified atom stereocenters. The molecule has 1 fully saturated rings. The summed E-state index contributed by atoms with van der Waals surface area (Å²) in [6.45, 7) is 1.02. The Morgan fingerprint density at radius 2 is 2.05 bits per heavy atom. The van der Waals surface area contributed by atoms with E-state index in [4.69, 9.17) is 16.9 Å². The summed E-state index contributed by atoms with van der Waals surface area (Å²) in [4.78, 5) is 11.2. The van der Waals surface area contributed by atoms with Gasteiger partial charge in [-0.25, -0.2) is 0 Å². The molecular weight excluding hydrogens is 264 g/mol. The molecule has 1 aliphatic rings. The maximum atomic E-state index is 11.2. The SMILES string of the molecule is C#CCOc1ccccc1CNC1CCC(C(N)=O)CC1. The van der Waals surface area contributed by atoms with Gasteiger partial charge in [-0.1, -0.05) is 24.1 Å². The van der Waals surface area contributed by atoms with Crippen molar-refractivity contribution in [3.05, 3.63) is 29.8 Å². The quantitative estimate of drug-likeness (QED) is 0.784. The number of hydrogen-bond donors (Lipinski definition) is 2. The molecule has 2 rings (SSSR count). The summed E-state index contributed by atoms with van der Waals surface area (Å²) in [7, 11) is 0. The number of nitrogens with one attached hydrogen (secondary N) is 1. The van der Waals surface area contributed by atoms with Crippen LogP contribution in [-0.4, -0.2) is 18.6 Å². The normalized spacial score (nSPS) is 21.5. The van der Waals surface area contributed by atoms with Gasteiger partial charge >= 0.3 is 0 Å². The Labute approximate surface area is 126 Å². The molecule has 0 bridgehead atoms. The van der Waals surface area contributed by atoms with E-state index in [-0.39, 0.29) is 18.4 Å². The van der Waals surface area contributed by atoms with E-state index in [1.165, 1.54) is 0 Å². The molecule has 1 aromatic rings. The predicted molar refractivity (Wildman–Crippen MR) is 82.6 cm³/mol.